The molecule has 0 saturated carbocycles. The Morgan fingerprint density at radius 3 is 2.14 bits per heavy atom. The molecule has 0 spiro atoms. The standard InChI is InChI=1S/C30H33F2NO4/c1-19(2)22-10-12-23(13-11-22)29-26(31)16-25(17-27(29)32)37-18-20(3)4-5-21-6-8-24(9-7-21)30(36)33-15-14-28(34)35/h6-13,16-17,19-20H,4-5,14-15,18H2,1-3H3,(H,33,36)(H,34,35). The Morgan fingerprint density at radius 1 is 0.946 bits per heavy atom. The van der Waals surface area contributed by atoms with Crippen LogP contribution in [0.1, 0.15) is 61.0 Å². The number of carbonyl (C=O) groups is 2. The first-order chi connectivity index (χ1) is 17.6. The number of rotatable bonds is 12. The van der Waals surface area contributed by atoms with Crippen LogP contribution in [0.2, 0.25) is 0 Å². The molecule has 0 fully saturated rings. The first-order valence-corrected chi connectivity index (χ1v) is 12.4. The minimum Gasteiger partial charge on any atom is -0.493 e. The van der Waals surface area contributed by atoms with Crippen LogP contribution in [0.5, 0.6) is 5.75 Å². The first-order valence-electron chi connectivity index (χ1n) is 12.4. The third-order valence-corrected chi connectivity index (χ3v) is 6.18. The van der Waals surface area contributed by atoms with Crippen molar-refractivity contribution in [2.45, 2.75) is 46.0 Å². The number of aliphatic carboxylic acids is 1. The topological polar surface area (TPSA) is 75.6 Å². The lowest BCUT2D eigenvalue weighted by atomic mass is 9.98. The second kappa shape index (κ2) is 13.0. The van der Waals surface area contributed by atoms with Gasteiger partial charge < -0.3 is 15.2 Å². The number of halogens is 2. The van der Waals surface area contributed by atoms with Crippen molar-refractivity contribution >= 4 is 11.9 Å². The largest absolute Gasteiger partial charge is 0.493 e. The second-order valence-electron chi connectivity index (χ2n) is 9.59. The molecule has 0 radical (unpaired) electrons. The van der Waals surface area contributed by atoms with E-state index < -0.39 is 17.6 Å². The number of carbonyl (C=O) groups excluding carboxylic acids is 1. The van der Waals surface area contributed by atoms with Crippen molar-refractivity contribution in [2.24, 2.45) is 5.92 Å². The van der Waals surface area contributed by atoms with Crippen molar-refractivity contribution in [1.82, 2.24) is 5.32 Å². The van der Waals surface area contributed by atoms with Crippen LogP contribution < -0.4 is 10.1 Å². The summed E-state index contributed by atoms with van der Waals surface area (Å²) in [6.45, 7) is 6.52. The van der Waals surface area contributed by atoms with E-state index in [1.165, 1.54) is 12.1 Å². The summed E-state index contributed by atoms with van der Waals surface area (Å²) in [5, 5.41) is 11.2. The van der Waals surface area contributed by atoms with Gasteiger partial charge in [-0.1, -0.05) is 57.2 Å². The monoisotopic (exact) mass is 509 g/mol. The quantitative estimate of drug-likeness (QED) is 0.288. The number of aryl methyl sites for hydroxylation is 1. The summed E-state index contributed by atoms with van der Waals surface area (Å²) in [6, 6.07) is 16.8. The van der Waals surface area contributed by atoms with E-state index in [9.17, 15) is 18.4 Å². The summed E-state index contributed by atoms with van der Waals surface area (Å²) < 4.78 is 35.2. The number of ether oxygens (including phenoxy) is 1. The molecule has 2 N–H and O–H groups in total. The smallest absolute Gasteiger partial charge is 0.305 e. The molecule has 0 heterocycles. The zero-order chi connectivity index (χ0) is 26.9. The van der Waals surface area contributed by atoms with E-state index in [4.69, 9.17) is 9.84 Å². The second-order valence-corrected chi connectivity index (χ2v) is 9.59. The van der Waals surface area contributed by atoms with E-state index in [1.54, 1.807) is 24.3 Å². The van der Waals surface area contributed by atoms with Crippen LogP contribution in [-0.2, 0) is 11.2 Å². The summed E-state index contributed by atoms with van der Waals surface area (Å²) >= 11 is 0. The van der Waals surface area contributed by atoms with Gasteiger partial charge in [0.25, 0.3) is 5.91 Å². The van der Waals surface area contributed by atoms with Crippen molar-refractivity contribution in [1.29, 1.82) is 0 Å². The van der Waals surface area contributed by atoms with E-state index in [-0.39, 0.29) is 36.1 Å². The maximum atomic E-state index is 14.8. The highest BCUT2D eigenvalue weighted by atomic mass is 19.1. The number of nitrogens with one attached hydrogen (secondary N) is 1. The Labute approximate surface area is 216 Å². The molecule has 1 amide bonds. The van der Waals surface area contributed by atoms with Gasteiger partial charge in [-0.05, 0) is 53.5 Å². The Morgan fingerprint density at radius 2 is 1.57 bits per heavy atom. The van der Waals surface area contributed by atoms with Crippen LogP contribution in [0, 0.1) is 17.6 Å². The van der Waals surface area contributed by atoms with E-state index in [0.29, 0.717) is 23.7 Å². The molecule has 7 heteroatoms. The number of hydrogen-bond donors (Lipinski definition) is 2. The Kier molecular flexibility index (Phi) is 9.78. The average molecular weight is 510 g/mol. The molecule has 1 unspecified atom stereocenters. The van der Waals surface area contributed by atoms with Crippen LogP contribution in [0.3, 0.4) is 0 Å². The van der Waals surface area contributed by atoms with Crippen LogP contribution in [0.15, 0.2) is 60.7 Å². The number of benzene rings is 3. The van der Waals surface area contributed by atoms with Crippen LogP contribution in [0.4, 0.5) is 8.78 Å². The molecule has 37 heavy (non-hydrogen) atoms. The van der Waals surface area contributed by atoms with E-state index in [0.717, 1.165) is 24.0 Å². The van der Waals surface area contributed by atoms with Gasteiger partial charge in [0, 0.05) is 24.2 Å². The fraction of sp³-hybridized carbons (Fsp3) is 0.333. The van der Waals surface area contributed by atoms with Crippen molar-refractivity contribution < 1.29 is 28.2 Å². The third-order valence-electron chi connectivity index (χ3n) is 6.18. The highest BCUT2D eigenvalue weighted by Gasteiger charge is 2.15. The SMILES string of the molecule is CC(CCc1ccc(C(=O)NCCC(=O)O)cc1)COc1cc(F)c(-c2ccc(C(C)C)cc2)c(F)c1. The maximum Gasteiger partial charge on any atom is 0.305 e. The fourth-order valence-corrected chi connectivity index (χ4v) is 3.89. The summed E-state index contributed by atoms with van der Waals surface area (Å²) in [7, 11) is 0. The van der Waals surface area contributed by atoms with Gasteiger partial charge in [-0.25, -0.2) is 8.78 Å². The number of carboxylic acid groups (broad SMARTS) is 1. The molecular weight excluding hydrogens is 476 g/mol. The number of carboxylic acids is 1. The zero-order valence-electron chi connectivity index (χ0n) is 21.4. The van der Waals surface area contributed by atoms with E-state index in [2.05, 4.69) is 19.2 Å². The molecule has 3 aromatic carbocycles. The van der Waals surface area contributed by atoms with Crippen LogP contribution in [0.25, 0.3) is 11.1 Å². The van der Waals surface area contributed by atoms with E-state index >= 15 is 0 Å². The number of hydrogen-bond acceptors (Lipinski definition) is 3. The lowest BCUT2D eigenvalue weighted by Gasteiger charge is -2.15. The minimum absolute atomic E-state index is 0.0604. The van der Waals surface area contributed by atoms with Crippen molar-refractivity contribution in [3.8, 4) is 16.9 Å². The normalized spacial score (nSPS) is 11.8. The summed E-state index contributed by atoms with van der Waals surface area (Å²) in [6.07, 6.45) is 1.41. The maximum absolute atomic E-state index is 14.8. The van der Waals surface area contributed by atoms with Crippen molar-refractivity contribution in [3.63, 3.8) is 0 Å². The minimum atomic E-state index is -0.964. The highest BCUT2D eigenvalue weighted by molar-refractivity contribution is 5.94. The summed E-state index contributed by atoms with van der Waals surface area (Å²) in [5.41, 5.74) is 3.04. The predicted octanol–water partition coefficient (Wildman–Crippen LogP) is 6.61. The van der Waals surface area contributed by atoms with Gasteiger partial charge in [0.15, 0.2) is 0 Å². The lowest BCUT2D eigenvalue weighted by Crippen LogP contribution is -2.25. The Hall–Kier alpha value is -3.74. The van der Waals surface area contributed by atoms with Crippen molar-refractivity contribution in [3.05, 3.63) is 89.0 Å². The zero-order valence-corrected chi connectivity index (χ0v) is 21.4. The fourth-order valence-electron chi connectivity index (χ4n) is 3.89. The molecule has 0 bridgehead atoms. The van der Waals surface area contributed by atoms with Gasteiger partial charge in [0.1, 0.15) is 17.4 Å². The molecule has 0 aliphatic heterocycles. The molecule has 0 aliphatic rings. The summed E-state index contributed by atoms with van der Waals surface area (Å²) in [5.74, 6) is -1.97. The molecule has 1 atom stereocenters. The molecule has 3 rings (SSSR count). The highest BCUT2D eigenvalue weighted by Crippen LogP contribution is 2.31. The molecule has 0 saturated heterocycles. The van der Waals surface area contributed by atoms with Gasteiger partial charge >= 0.3 is 5.97 Å². The van der Waals surface area contributed by atoms with Gasteiger partial charge in [-0.2, -0.15) is 0 Å². The average Bonchev–Trinajstić information content (AvgIpc) is 2.86. The van der Waals surface area contributed by atoms with Crippen LogP contribution in [-0.4, -0.2) is 30.1 Å². The van der Waals surface area contributed by atoms with Crippen LogP contribution >= 0.6 is 0 Å². The lowest BCUT2D eigenvalue weighted by molar-refractivity contribution is -0.136. The molecule has 5 nitrogen and oxygen atoms in total. The Bertz CT molecular complexity index is 1180. The van der Waals surface area contributed by atoms with E-state index in [1.807, 2.05) is 31.2 Å². The molecule has 196 valence electrons. The molecule has 0 aliphatic carbocycles. The number of amides is 1. The van der Waals surface area contributed by atoms with Gasteiger partial charge in [-0.15, -0.1) is 0 Å². The van der Waals surface area contributed by atoms with Gasteiger partial charge in [0.05, 0.1) is 18.6 Å². The summed E-state index contributed by atoms with van der Waals surface area (Å²) in [4.78, 5) is 22.6. The molecular formula is C30H33F2NO4. The molecule has 0 aromatic heterocycles. The van der Waals surface area contributed by atoms with Gasteiger partial charge in [-0.3, -0.25) is 9.59 Å². The van der Waals surface area contributed by atoms with Gasteiger partial charge in [0.2, 0.25) is 0 Å². The Balaban J connectivity index is 1.50. The first kappa shape index (κ1) is 27.8. The predicted molar refractivity (Wildman–Crippen MR) is 140 cm³/mol. The third kappa shape index (κ3) is 8.13. The molecule has 3 aromatic rings. The van der Waals surface area contributed by atoms with Crippen molar-refractivity contribution in [2.75, 3.05) is 13.2 Å².